The molecule has 3 heterocycles. The van der Waals surface area contributed by atoms with E-state index in [1.165, 1.54) is 0 Å². The summed E-state index contributed by atoms with van der Waals surface area (Å²) in [6.07, 6.45) is 2.18. The lowest BCUT2D eigenvalue weighted by Gasteiger charge is -2.16. The Hall–Kier alpha value is -2.57. The number of aryl methyl sites for hydroxylation is 1. The van der Waals surface area contributed by atoms with Gasteiger partial charge in [-0.2, -0.15) is 4.98 Å². The maximum atomic E-state index is 12.3. The molecule has 4 rings (SSSR count). The highest BCUT2D eigenvalue weighted by molar-refractivity contribution is 5.79. The molecule has 1 aromatic carbocycles. The van der Waals surface area contributed by atoms with Gasteiger partial charge in [0.25, 0.3) is 0 Å². The van der Waals surface area contributed by atoms with E-state index in [2.05, 4.69) is 17.1 Å². The van der Waals surface area contributed by atoms with E-state index in [9.17, 15) is 4.79 Å². The summed E-state index contributed by atoms with van der Waals surface area (Å²) in [4.78, 5) is 18.5. The van der Waals surface area contributed by atoms with Gasteiger partial charge in [-0.3, -0.25) is 4.79 Å². The van der Waals surface area contributed by atoms with Crippen LogP contribution in [0.1, 0.15) is 43.0 Å². The normalized spacial score (nSPS) is 19.3. The number of carbonyl (C=O) groups excluding carboxylic acids is 1. The van der Waals surface area contributed by atoms with E-state index in [1.807, 2.05) is 23.1 Å². The zero-order chi connectivity index (χ0) is 16.5. The van der Waals surface area contributed by atoms with E-state index in [4.69, 9.17) is 14.0 Å². The van der Waals surface area contributed by atoms with E-state index < -0.39 is 0 Å². The summed E-state index contributed by atoms with van der Waals surface area (Å²) in [7, 11) is 0. The van der Waals surface area contributed by atoms with Crippen LogP contribution in [0.3, 0.4) is 0 Å². The van der Waals surface area contributed by atoms with Gasteiger partial charge in [0, 0.05) is 25.9 Å². The van der Waals surface area contributed by atoms with E-state index in [0.717, 1.165) is 29.9 Å². The number of aromatic nitrogens is 2. The lowest BCUT2D eigenvalue weighted by atomic mass is 10.1. The maximum absolute atomic E-state index is 12.3. The minimum Gasteiger partial charge on any atom is -0.454 e. The van der Waals surface area contributed by atoms with Crippen molar-refractivity contribution < 1.29 is 18.8 Å². The van der Waals surface area contributed by atoms with E-state index in [1.54, 1.807) is 0 Å². The fourth-order valence-corrected chi connectivity index (χ4v) is 3.11. The summed E-state index contributed by atoms with van der Waals surface area (Å²) >= 11 is 0. The first kappa shape index (κ1) is 15.0. The number of hydrogen-bond acceptors (Lipinski definition) is 6. The largest absolute Gasteiger partial charge is 0.454 e. The molecule has 1 fully saturated rings. The average Bonchev–Trinajstić information content (AvgIpc) is 3.28. The monoisotopic (exact) mass is 329 g/mol. The lowest BCUT2D eigenvalue weighted by molar-refractivity contribution is -0.128. The SMILES string of the molecule is CCCc1noc(C2CC(=O)N(Cc3ccc4c(c3)OCO4)C2)n1. The Balaban J connectivity index is 1.44. The molecule has 1 atom stereocenters. The van der Waals surface area contributed by atoms with Crippen molar-refractivity contribution in [3.63, 3.8) is 0 Å². The predicted molar refractivity (Wildman–Crippen MR) is 83.6 cm³/mol. The molecule has 2 aliphatic rings. The zero-order valence-corrected chi connectivity index (χ0v) is 13.5. The van der Waals surface area contributed by atoms with Crippen molar-refractivity contribution in [3.8, 4) is 11.5 Å². The molecule has 0 spiro atoms. The number of carbonyl (C=O) groups is 1. The Kier molecular flexibility index (Phi) is 3.84. The smallest absolute Gasteiger partial charge is 0.232 e. The molecule has 126 valence electrons. The van der Waals surface area contributed by atoms with Crippen molar-refractivity contribution in [3.05, 3.63) is 35.5 Å². The Bertz CT molecular complexity index is 758. The molecule has 0 aliphatic carbocycles. The van der Waals surface area contributed by atoms with Gasteiger partial charge in [-0.15, -0.1) is 0 Å². The van der Waals surface area contributed by atoms with Crippen molar-refractivity contribution in [2.45, 2.75) is 38.6 Å². The van der Waals surface area contributed by atoms with Crippen LogP contribution in [-0.2, 0) is 17.8 Å². The van der Waals surface area contributed by atoms with Gasteiger partial charge in [-0.1, -0.05) is 18.1 Å². The first-order valence-corrected chi connectivity index (χ1v) is 8.21. The molecule has 7 heteroatoms. The Morgan fingerprint density at radius 1 is 1.29 bits per heavy atom. The minimum atomic E-state index is -0.0235. The van der Waals surface area contributed by atoms with Gasteiger partial charge >= 0.3 is 0 Å². The number of nitrogens with zero attached hydrogens (tertiary/aromatic N) is 3. The number of likely N-dealkylation sites (tertiary alicyclic amines) is 1. The quantitative estimate of drug-likeness (QED) is 0.837. The van der Waals surface area contributed by atoms with E-state index in [0.29, 0.717) is 31.2 Å². The van der Waals surface area contributed by atoms with Crippen LogP contribution in [0.2, 0.25) is 0 Å². The van der Waals surface area contributed by atoms with Gasteiger partial charge in [0.15, 0.2) is 17.3 Å². The summed E-state index contributed by atoms with van der Waals surface area (Å²) < 4.78 is 16.0. The molecule has 7 nitrogen and oxygen atoms in total. The second-order valence-electron chi connectivity index (χ2n) is 6.16. The van der Waals surface area contributed by atoms with Gasteiger partial charge < -0.3 is 18.9 Å². The molecule has 24 heavy (non-hydrogen) atoms. The Morgan fingerprint density at radius 2 is 2.17 bits per heavy atom. The van der Waals surface area contributed by atoms with Gasteiger partial charge in [0.2, 0.25) is 18.6 Å². The van der Waals surface area contributed by atoms with Gasteiger partial charge in [-0.25, -0.2) is 0 Å². The van der Waals surface area contributed by atoms with Gasteiger partial charge in [0.1, 0.15) is 0 Å². The number of rotatable bonds is 5. The van der Waals surface area contributed by atoms with E-state index >= 15 is 0 Å². The van der Waals surface area contributed by atoms with Crippen molar-refractivity contribution in [1.82, 2.24) is 15.0 Å². The van der Waals surface area contributed by atoms with E-state index in [-0.39, 0.29) is 18.6 Å². The second-order valence-corrected chi connectivity index (χ2v) is 6.16. The number of hydrogen-bond donors (Lipinski definition) is 0. The Labute approximate surface area is 139 Å². The molecule has 0 bridgehead atoms. The van der Waals surface area contributed by atoms with Crippen molar-refractivity contribution in [1.29, 1.82) is 0 Å². The standard InChI is InChI=1S/C17H19N3O4/c1-2-3-15-18-17(24-19-15)12-7-16(21)20(9-12)8-11-4-5-13-14(6-11)23-10-22-13/h4-6,12H,2-3,7-10H2,1H3. The summed E-state index contributed by atoms with van der Waals surface area (Å²) in [5, 5.41) is 3.98. The van der Waals surface area contributed by atoms with Crippen LogP contribution in [0.4, 0.5) is 0 Å². The molecule has 2 aromatic rings. The highest BCUT2D eigenvalue weighted by Crippen LogP contribution is 2.34. The Morgan fingerprint density at radius 3 is 3.04 bits per heavy atom. The van der Waals surface area contributed by atoms with Crippen LogP contribution in [0.25, 0.3) is 0 Å². The molecule has 1 unspecified atom stereocenters. The fourth-order valence-electron chi connectivity index (χ4n) is 3.11. The van der Waals surface area contributed by atoms with Gasteiger partial charge in [-0.05, 0) is 24.1 Å². The first-order chi connectivity index (χ1) is 11.7. The molecule has 0 N–H and O–H groups in total. The van der Waals surface area contributed by atoms with Crippen LogP contribution < -0.4 is 9.47 Å². The first-order valence-electron chi connectivity index (χ1n) is 8.21. The number of fused-ring (bicyclic) bond motifs is 1. The third-order valence-electron chi connectivity index (χ3n) is 4.33. The predicted octanol–water partition coefficient (Wildman–Crippen LogP) is 2.27. The third-order valence-corrected chi connectivity index (χ3v) is 4.33. The molecule has 1 saturated heterocycles. The molecular weight excluding hydrogens is 310 g/mol. The topological polar surface area (TPSA) is 77.7 Å². The number of benzene rings is 1. The average molecular weight is 329 g/mol. The molecule has 2 aliphatic heterocycles. The van der Waals surface area contributed by atoms with Crippen LogP contribution in [0.5, 0.6) is 11.5 Å². The highest BCUT2D eigenvalue weighted by atomic mass is 16.7. The summed E-state index contributed by atoms with van der Waals surface area (Å²) in [6.45, 7) is 3.46. The summed E-state index contributed by atoms with van der Waals surface area (Å²) in [5.41, 5.74) is 1.02. The second kappa shape index (κ2) is 6.14. The zero-order valence-electron chi connectivity index (χ0n) is 13.5. The fraction of sp³-hybridized carbons (Fsp3) is 0.471. The molecule has 1 amide bonds. The maximum Gasteiger partial charge on any atom is 0.232 e. The molecular formula is C17H19N3O4. The van der Waals surface area contributed by atoms with Crippen LogP contribution in [0.15, 0.2) is 22.7 Å². The van der Waals surface area contributed by atoms with Crippen LogP contribution in [0, 0.1) is 0 Å². The lowest BCUT2D eigenvalue weighted by Crippen LogP contribution is -2.24. The van der Waals surface area contributed by atoms with Gasteiger partial charge in [0.05, 0.1) is 5.92 Å². The third kappa shape index (κ3) is 2.81. The molecule has 1 aromatic heterocycles. The minimum absolute atomic E-state index is 0.0235. The molecule has 0 saturated carbocycles. The number of ether oxygens (including phenoxy) is 2. The van der Waals surface area contributed by atoms with Crippen molar-refractivity contribution >= 4 is 5.91 Å². The van der Waals surface area contributed by atoms with Crippen molar-refractivity contribution in [2.75, 3.05) is 13.3 Å². The summed E-state index contributed by atoms with van der Waals surface area (Å²) in [5.74, 6) is 2.85. The van der Waals surface area contributed by atoms with Crippen LogP contribution >= 0.6 is 0 Å². The molecule has 0 radical (unpaired) electrons. The van der Waals surface area contributed by atoms with Crippen molar-refractivity contribution in [2.24, 2.45) is 0 Å². The number of amides is 1. The highest BCUT2D eigenvalue weighted by Gasteiger charge is 2.34. The summed E-state index contributed by atoms with van der Waals surface area (Å²) in [6, 6.07) is 5.76. The van der Waals surface area contributed by atoms with Crippen LogP contribution in [-0.4, -0.2) is 34.3 Å².